The zero-order chi connectivity index (χ0) is 8.27. The standard InChI is InChI=1S/C8H18N2O/c1-7(6-11)5-10(2)8-3-9-4-8/h7-9,11H,3-6H2,1-2H3. The maximum Gasteiger partial charge on any atom is 0.0468 e. The van der Waals surface area contributed by atoms with E-state index >= 15 is 0 Å². The van der Waals surface area contributed by atoms with Gasteiger partial charge in [0.05, 0.1) is 0 Å². The highest BCUT2D eigenvalue weighted by Gasteiger charge is 2.21. The molecule has 1 unspecified atom stereocenters. The lowest BCUT2D eigenvalue weighted by molar-refractivity contribution is 0.132. The Labute approximate surface area is 68.4 Å². The highest BCUT2D eigenvalue weighted by molar-refractivity contribution is 4.83. The quantitative estimate of drug-likeness (QED) is 0.580. The smallest absolute Gasteiger partial charge is 0.0468 e. The molecule has 0 aromatic heterocycles. The van der Waals surface area contributed by atoms with Crippen LogP contribution in [0.1, 0.15) is 6.92 Å². The van der Waals surface area contributed by atoms with Gasteiger partial charge in [0.2, 0.25) is 0 Å². The van der Waals surface area contributed by atoms with Crippen molar-refractivity contribution >= 4 is 0 Å². The first-order chi connectivity index (χ1) is 5.24. The van der Waals surface area contributed by atoms with Gasteiger partial charge in [0, 0.05) is 32.3 Å². The Morgan fingerprint density at radius 2 is 2.27 bits per heavy atom. The summed E-state index contributed by atoms with van der Waals surface area (Å²) in [7, 11) is 2.12. The van der Waals surface area contributed by atoms with Crippen molar-refractivity contribution in [2.45, 2.75) is 13.0 Å². The van der Waals surface area contributed by atoms with Crippen molar-refractivity contribution in [3.8, 4) is 0 Å². The van der Waals surface area contributed by atoms with Crippen LogP contribution in [0.4, 0.5) is 0 Å². The first-order valence-electron chi connectivity index (χ1n) is 4.26. The van der Waals surface area contributed by atoms with E-state index in [2.05, 4.69) is 24.2 Å². The SMILES string of the molecule is CC(CO)CN(C)C1CNC1. The molecular formula is C8H18N2O. The van der Waals surface area contributed by atoms with E-state index in [-0.39, 0.29) is 0 Å². The molecule has 1 heterocycles. The van der Waals surface area contributed by atoms with Crippen molar-refractivity contribution in [3.05, 3.63) is 0 Å². The van der Waals surface area contributed by atoms with Crippen LogP contribution in [-0.2, 0) is 0 Å². The van der Waals surface area contributed by atoms with E-state index in [4.69, 9.17) is 5.11 Å². The molecule has 0 radical (unpaired) electrons. The van der Waals surface area contributed by atoms with Crippen LogP contribution in [0.2, 0.25) is 0 Å². The average molecular weight is 158 g/mol. The number of likely N-dealkylation sites (N-methyl/N-ethyl adjacent to an activating group) is 1. The minimum atomic E-state index is 0.296. The summed E-state index contributed by atoms with van der Waals surface area (Å²) in [5.41, 5.74) is 0. The summed E-state index contributed by atoms with van der Waals surface area (Å²) in [5.74, 6) is 0.403. The molecule has 3 nitrogen and oxygen atoms in total. The topological polar surface area (TPSA) is 35.5 Å². The second kappa shape index (κ2) is 4.04. The maximum absolute atomic E-state index is 8.81. The average Bonchev–Trinajstić information content (AvgIpc) is 1.83. The van der Waals surface area contributed by atoms with Crippen molar-refractivity contribution in [2.24, 2.45) is 5.92 Å². The minimum absolute atomic E-state index is 0.296. The molecule has 1 aliphatic rings. The number of nitrogens with zero attached hydrogens (tertiary/aromatic N) is 1. The molecule has 0 aromatic rings. The zero-order valence-electron chi connectivity index (χ0n) is 7.38. The number of hydrogen-bond donors (Lipinski definition) is 2. The summed E-state index contributed by atoms with van der Waals surface area (Å²) in [4.78, 5) is 2.32. The van der Waals surface area contributed by atoms with E-state index in [1.54, 1.807) is 0 Å². The fraction of sp³-hybridized carbons (Fsp3) is 1.00. The first kappa shape index (κ1) is 8.97. The van der Waals surface area contributed by atoms with Crippen LogP contribution in [0, 0.1) is 5.92 Å². The van der Waals surface area contributed by atoms with Crippen molar-refractivity contribution < 1.29 is 5.11 Å². The van der Waals surface area contributed by atoms with Crippen LogP contribution in [0.15, 0.2) is 0 Å². The molecule has 1 rings (SSSR count). The summed E-state index contributed by atoms with van der Waals surface area (Å²) in [6.07, 6.45) is 0. The Hall–Kier alpha value is -0.120. The Morgan fingerprint density at radius 3 is 2.64 bits per heavy atom. The molecule has 1 saturated heterocycles. The monoisotopic (exact) mass is 158 g/mol. The molecular weight excluding hydrogens is 140 g/mol. The summed E-state index contributed by atoms with van der Waals surface area (Å²) < 4.78 is 0. The number of aliphatic hydroxyl groups excluding tert-OH is 1. The van der Waals surface area contributed by atoms with Crippen molar-refractivity contribution in [1.29, 1.82) is 0 Å². The molecule has 0 amide bonds. The van der Waals surface area contributed by atoms with Gasteiger partial charge in [0.1, 0.15) is 0 Å². The van der Waals surface area contributed by atoms with Gasteiger partial charge in [-0.3, -0.25) is 0 Å². The lowest BCUT2D eigenvalue weighted by Gasteiger charge is -2.36. The molecule has 66 valence electrons. The molecule has 11 heavy (non-hydrogen) atoms. The normalized spacial score (nSPS) is 21.8. The van der Waals surface area contributed by atoms with Gasteiger partial charge in [-0.05, 0) is 13.0 Å². The van der Waals surface area contributed by atoms with Gasteiger partial charge in [0.15, 0.2) is 0 Å². The fourth-order valence-corrected chi connectivity index (χ4v) is 1.28. The predicted octanol–water partition coefficient (Wildman–Crippen LogP) is -0.482. The Morgan fingerprint density at radius 1 is 1.64 bits per heavy atom. The van der Waals surface area contributed by atoms with E-state index in [0.29, 0.717) is 18.6 Å². The van der Waals surface area contributed by atoms with Crippen molar-refractivity contribution in [1.82, 2.24) is 10.2 Å². The molecule has 0 spiro atoms. The third-order valence-corrected chi connectivity index (χ3v) is 2.29. The Bertz CT molecular complexity index is 115. The molecule has 1 atom stereocenters. The molecule has 1 fully saturated rings. The molecule has 0 aromatic carbocycles. The van der Waals surface area contributed by atoms with E-state index in [1.807, 2.05) is 0 Å². The molecule has 3 heteroatoms. The summed E-state index contributed by atoms with van der Waals surface area (Å²) in [6.45, 7) is 5.58. The van der Waals surface area contributed by atoms with Gasteiger partial charge in [-0.2, -0.15) is 0 Å². The largest absolute Gasteiger partial charge is 0.396 e. The molecule has 0 bridgehead atoms. The molecule has 1 aliphatic heterocycles. The highest BCUT2D eigenvalue weighted by atomic mass is 16.3. The van der Waals surface area contributed by atoms with Crippen LogP contribution in [-0.4, -0.2) is 49.3 Å². The van der Waals surface area contributed by atoms with Crippen LogP contribution in [0.5, 0.6) is 0 Å². The molecule has 2 N–H and O–H groups in total. The van der Waals surface area contributed by atoms with Crippen LogP contribution < -0.4 is 5.32 Å². The van der Waals surface area contributed by atoms with E-state index < -0.39 is 0 Å². The summed E-state index contributed by atoms with van der Waals surface area (Å²) >= 11 is 0. The highest BCUT2D eigenvalue weighted by Crippen LogP contribution is 2.05. The van der Waals surface area contributed by atoms with Crippen LogP contribution in [0.3, 0.4) is 0 Å². The third kappa shape index (κ3) is 2.43. The fourth-order valence-electron chi connectivity index (χ4n) is 1.28. The van der Waals surface area contributed by atoms with Crippen LogP contribution >= 0.6 is 0 Å². The molecule has 0 aliphatic carbocycles. The van der Waals surface area contributed by atoms with Crippen molar-refractivity contribution in [2.75, 3.05) is 33.3 Å². The third-order valence-electron chi connectivity index (χ3n) is 2.29. The number of nitrogens with one attached hydrogen (secondary N) is 1. The maximum atomic E-state index is 8.81. The number of aliphatic hydroxyl groups is 1. The number of hydrogen-bond acceptors (Lipinski definition) is 3. The first-order valence-corrected chi connectivity index (χ1v) is 4.26. The van der Waals surface area contributed by atoms with Gasteiger partial charge in [-0.15, -0.1) is 0 Å². The lowest BCUT2D eigenvalue weighted by atomic mass is 10.1. The van der Waals surface area contributed by atoms with E-state index in [1.165, 1.54) is 0 Å². The van der Waals surface area contributed by atoms with Crippen LogP contribution in [0.25, 0.3) is 0 Å². The second-order valence-corrected chi connectivity index (χ2v) is 3.54. The van der Waals surface area contributed by atoms with Gasteiger partial charge >= 0.3 is 0 Å². The van der Waals surface area contributed by atoms with Gasteiger partial charge < -0.3 is 15.3 Å². The van der Waals surface area contributed by atoms with Gasteiger partial charge in [-0.25, -0.2) is 0 Å². The Balaban J connectivity index is 2.13. The van der Waals surface area contributed by atoms with E-state index in [9.17, 15) is 0 Å². The summed E-state index contributed by atoms with van der Waals surface area (Å²) in [6, 6.07) is 0.698. The van der Waals surface area contributed by atoms with E-state index in [0.717, 1.165) is 19.6 Å². The second-order valence-electron chi connectivity index (χ2n) is 3.54. The van der Waals surface area contributed by atoms with Gasteiger partial charge in [-0.1, -0.05) is 6.92 Å². The zero-order valence-corrected chi connectivity index (χ0v) is 7.38. The summed E-state index contributed by atoms with van der Waals surface area (Å²) in [5, 5.41) is 12.0. The minimum Gasteiger partial charge on any atom is -0.396 e. The predicted molar refractivity (Wildman–Crippen MR) is 45.5 cm³/mol. The van der Waals surface area contributed by atoms with Gasteiger partial charge in [0.25, 0.3) is 0 Å². The van der Waals surface area contributed by atoms with Crippen molar-refractivity contribution in [3.63, 3.8) is 0 Å². The Kier molecular flexibility index (Phi) is 3.30. The number of rotatable bonds is 4. The molecule has 0 saturated carbocycles. The lowest BCUT2D eigenvalue weighted by Crippen LogP contribution is -2.56.